The number of nitrogens with one attached hydrogen (secondary N) is 1. The number of anilines is 1. The first-order valence-electron chi connectivity index (χ1n) is 9.44. The van der Waals surface area contributed by atoms with Crippen LogP contribution in [0, 0.1) is 6.92 Å². The third-order valence-corrected chi connectivity index (χ3v) is 6.29. The molecule has 7 heteroatoms. The number of nitrogens with zero attached hydrogens (tertiary/aromatic N) is 3. The van der Waals surface area contributed by atoms with Gasteiger partial charge in [0.2, 0.25) is 0 Å². The van der Waals surface area contributed by atoms with Gasteiger partial charge in [0, 0.05) is 41.3 Å². The number of hydrogen-bond acceptors (Lipinski definition) is 5. The Bertz CT molecular complexity index is 910. The maximum atomic E-state index is 12.9. The molecule has 29 heavy (non-hydrogen) atoms. The molecule has 2 amide bonds. The van der Waals surface area contributed by atoms with Gasteiger partial charge < -0.3 is 15.1 Å². The molecule has 0 spiro atoms. The predicted molar refractivity (Wildman–Crippen MR) is 122 cm³/mol. The van der Waals surface area contributed by atoms with E-state index in [1.807, 2.05) is 85.9 Å². The number of thiazole rings is 1. The van der Waals surface area contributed by atoms with Crippen LogP contribution < -0.4 is 5.32 Å². The lowest BCUT2D eigenvalue weighted by Gasteiger charge is -2.25. The highest BCUT2D eigenvalue weighted by atomic mass is 32.2. The summed E-state index contributed by atoms with van der Waals surface area (Å²) in [6.45, 7) is 4.04. The third-order valence-electron chi connectivity index (χ3n) is 4.23. The Kier molecular flexibility index (Phi) is 7.69. The van der Waals surface area contributed by atoms with Gasteiger partial charge in [0.1, 0.15) is 0 Å². The first kappa shape index (κ1) is 21.4. The largest absolute Gasteiger partial charge is 0.322 e. The van der Waals surface area contributed by atoms with Crippen LogP contribution in [0.3, 0.4) is 0 Å². The molecule has 5 nitrogen and oxygen atoms in total. The fraction of sp³-hybridized carbons (Fsp3) is 0.273. The van der Waals surface area contributed by atoms with Crippen LogP contribution in [0.4, 0.5) is 10.5 Å². The van der Waals surface area contributed by atoms with Crippen molar-refractivity contribution in [3.05, 3.63) is 71.2 Å². The minimum absolute atomic E-state index is 0.0911. The summed E-state index contributed by atoms with van der Waals surface area (Å²) in [7, 11) is 4.03. The molecule has 1 aromatic heterocycles. The van der Waals surface area contributed by atoms with E-state index >= 15 is 0 Å². The molecule has 0 aliphatic carbocycles. The Balaban J connectivity index is 1.62. The highest BCUT2D eigenvalue weighted by molar-refractivity contribution is 8.01. The van der Waals surface area contributed by atoms with E-state index in [2.05, 4.69) is 15.2 Å². The van der Waals surface area contributed by atoms with E-state index in [0.29, 0.717) is 13.1 Å². The Morgan fingerprint density at radius 3 is 2.41 bits per heavy atom. The van der Waals surface area contributed by atoms with Gasteiger partial charge in [0.15, 0.2) is 4.34 Å². The zero-order valence-corrected chi connectivity index (χ0v) is 18.6. The van der Waals surface area contributed by atoms with Crippen LogP contribution in [-0.2, 0) is 6.54 Å². The van der Waals surface area contributed by atoms with Gasteiger partial charge in [-0.2, -0.15) is 0 Å². The second-order valence-corrected chi connectivity index (χ2v) is 9.20. The molecule has 0 unspecified atom stereocenters. The first-order chi connectivity index (χ1) is 14.0. The van der Waals surface area contributed by atoms with Gasteiger partial charge in [-0.3, -0.25) is 0 Å². The van der Waals surface area contributed by atoms with Crippen molar-refractivity contribution in [2.24, 2.45) is 0 Å². The lowest BCUT2D eigenvalue weighted by atomic mass is 10.2. The van der Waals surface area contributed by atoms with Gasteiger partial charge >= 0.3 is 6.03 Å². The second-order valence-electron chi connectivity index (χ2n) is 7.02. The van der Waals surface area contributed by atoms with Gasteiger partial charge in [-0.05, 0) is 50.8 Å². The molecule has 0 aliphatic heterocycles. The molecular formula is C22H26N4OS2. The molecule has 1 heterocycles. The highest BCUT2D eigenvalue weighted by Crippen LogP contribution is 2.30. The molecule has 0 bridgehead atoms. The number of likely N-dealkylation sites (N-methyl/N-ethyl adjacent to an activating group) is 1. The van der Waals surface area contributed by atoms with Crippen molar-refractivity contribution in [2.75, 3.05) is 32.5 Å². The number of rotatable bonds is 8. The number of urea groups is 1. The molecule has 1 N–H and O–H groups in total. The molecule has 0 aliphatic rings. The average Bonchev–Trinajstić information content (AvgIpc) is 3.12. The number of aromatic nitrogens is 1. The normalized spacial score (nSPS) is 10.9. The number of amides is 2. The number of carbonyl (C=O) groups excluding carboxylic acids is 1. The van der Waals surface area contributed by atoms with Gasteiger partial charge in [-0.1, -0.05) is 42.1 Å². The first-order valence-corrected chi connectivity index (χ1v) is 11.1. The molecule has 0 atom stereocenters. The van der Waals surface area contributed by atoms with Gasteiger partial charge in [0.25, 0.3) is 0 Å². The second kappa shape index (κ2) is 10.4. The predicted octanol–water partition coefficient (Wildman–Crippen LogP) is 5.20. The van der Waals surface area contributed by atoms with E-state index in [4.69, 9.17) is 0 Å². The van der Waals surface area contributed by atoms with Crippen molar-refractivity contribution in [1.29, 1.82) is 0 Å². The summed E-state index contributed by atoms with van der Waals surface area (Å²) in [5.41, 5.74) is 2.95. The SMILES string of the molecule is Cc1csc(Sc2ccc(NC(=O)N(CCN(C)C)Cc3ccccc3)cc2)n1. The summed E-state index contributed by atoms with van der Waals surface area (Å²) in [6.07, 6.45) is 0. The standard InChI is InChI=1S/C22H26N4OS2/c1-17-16-28-22(23-17)29-20-11-9-19(10-12-20)24-21(27)26(14-13-25(2)3)15-18-7-5-4-6-8-18/h4-12,16H,13-15H2,1-3H3,(H,24,27). The monoisotopic (exact) mass is 426 g/mol. The van der Waals surface area contributed by atoms with E-state index in [-0.39, 0.29) is 6.03 Å². The molecule has 3 aromatic rings. The molecule has 152 valence electrons. The van der Waals surface area contributed by atoms with Gasteiger partial charge in [-0.15, -0.1) is 11.3 Å². The number of hydrogen-bond donors (Lipinski definition) is 1. The van der Waals surface area contributed by atoms with Crippen LogP contribution in [0.15, 0.2) is 69.2 Å². The Hall–Kier alpha value is -2.35. The van der Waals surface area contributed by atoms with Crippen LogP contribution in [0.25, 0.3) is 0 Å². The highest BCUT2D eigenvalue weighted by Gasteiger charge is 2.14. The molecule has 3 rings (SSSR count). The Morgan fingerprint density at radius 2 is 1.79 bits per heavy atom. The zero-order chi connectivity index (χ0) is 20.6. The van der Waals surface area contributed by atoms with Crippen molar-refractivity contribution in [1.82, 2.24) is 14.8 Å². The number of carbonyl (C=O) groups is 1. The molecule has 0 saturated heterocycles. The summed E-state index contributed by atoms with van der Waals surface area (Å²) in [4.78, 5) is 22.4. The van der Waals surface area contributed by atoms with Gasteiger partial charge in [-0.25, -0.2) is 9.78 Å². The van der Waals surface area contributed by atoms with Crippen LogP contribution >= 0.6 is 23.1 Å². The van der Waals surface area contributed by atoms with Gasteiger partial charge in [0.05, 0.1) is 0 Å². The summed E-state index contributed by atoms with van der Waals surface area (Å²) < 4.78 is 1.03. The van der Waals surface area contributed by atoms with Crippen LogP contribution in [0.1, 0.15) is 11.3 Å². The Morgan fingerprint density at radius 1 is 1.07 bits per heavy atom. The smallest absolute Gasteiger partial charge is 0.319 e. The minimum Gasteiger partial charge on any atom is -0.319 e. The summed E-state index contributed by atoms with van der Waals surface area (Å²) in [5.74, 6) is 0. The zero-order valence-electron chi connectivity index (χ0n) is 17.0. The van der Waals surface area contributed by atoms with E-state index in [9.17, 15) is 4.79 Å². The number of aryl methyl sites for hydroxylation is 1. The fourth-order valence-corrected chi connectivity index (χ4v) is 4.48. The molecule has 0 fully saturated rings. The molecule has 0 saturated carbocycles. The van der Waals surface area contributed by atoms with Crippen molar-refractivity contribution < 1.29 is 4.79 Å². The summed E-state index contributed by atoms with van der Waals surface area (Å²) in [6, 6.07) is 17.9. The third kappa shape index (κ3) is 6.88. The molecular weight excluding hydrogens is 400 g/mol. The van der Waals surface area contributed by atoms with Crippen molar-refractivity contribution in [3.8, 4) is 0 Å². The van der Waals surface area contributed by atoms with Crippen molar-refractivity contribution in [3.63, 3.8) is 0 Å². The molecule has 0 radical (unpaired) electrons. The Labute approximate surface area is 180 Å². The van der Waals surface area contributed by atoms with Crippen molar-refractivity contribution >= 4 is 34.8 Å². The van der Waals surface area contributed by atoms with Crippen LogP contribution in [-0.4, -0.2) is 48.0 Å². The lowest BCUT2D eigenvalue weighted by molar-refractivity contribution is 0.202. The topological polar surface area (TPSA) is 48.5 Å². The maximum Gasteiger partial charge on any atom is 0.322 e. The molecule has 2 aromatic carbocycles. The van der Waals surface area contributed by atoms with E-state index in [1.54, 1.807) is 23.1 Å². The summed E-state index contributed by atoms with van der Waals surface area (Å²) in [5, 5.41) is 5.07. The lowest BCUT2D eigenvalue weighted by Crippen LogP contribution is -2.39. The van der Waals surface area contributed by atoms with Crippen LogP contribution in [0.5, 0.6) is 0 Å². The van der Waals surface area contributed by atoms with E-state index in [1.165, 1.54) is 0 Å². The maximum absolute atomic E-state index is 12.9. The van der Waals surface area contributed by atoms with E-state index in [0.717, 1.165) is 32.7 Å². The summed E-state index contributed by atoms with van der Waals surface area (Å²) >= 11 is 3.28. The van der Waals surface area contributed by atoms with Crippen molar-refractivity contribution in [2.45, 2.75) is 22.7 Å². The quantitative estimate of drug-likeness (QED) is 0.538. The average molecular weight is 427 g/mol. The van der Waals surface area contributed by atoms with Crippen LogP contribution in [0.2, 0.25) is 0 Å². The fourth-order valence-electron chi connectivity index (χ4n) is 2.67. The number of benzene rings is 2. The minimum atomic E-state index is -0.0911. The van der Waals surface area contributed by atoms with E-state index < -0.39 is 0 Å².